The van der Waals surface area contributed by atoms with Gasteiger partial charge in [-0.3, -0.25) is 4.79 Å². The molecule has 0 saturated heterocycles. The minimum atomic E-state index is -0.299. The summed E-state index contributed by atoms with van der Waals surface area (Å²) in [6.45, 7) is 1.12. The molecule has 0 spiro atoms. The highest BCUT2D eigenvalue weighted by Crippen LogP contribution is 2.28. The quantitative estimate of drug-likeness (QED) is 0.740. The molecule has 8 heteroatoms. The van der Waals surface area contributed by atoms with E-state index in [0.717, 1.165) is 0 Å². The highest BCUT2D eigenvalue weighted by atomic mass is 35.5. The highest BCUT2D eigenvalue weighted by molar-refractivity contribution is 6.32. The number of methoxy groups -OCH3 is 1. The van der Waals surface area contributed by atoms with Gasteiger partial charge in [-0.05, 0) is 24.3 Å². The van der Waals surface area contributed by atoms with Crippen LogP contribution in [0.2, 0.25) is 5.02 Å². The standard InChI is InChI=1S/C15H17ClN2O4.ClH/c1-20-4-5-21-14-3-2-11(7-13(14)16)18-15(19)10-6-12(8-17)22-9-10;/h2-3,6-7,9H,4-5,8,17H2,1H3,(H,18,19);1H. The molecule has 0 fully saturated rings. The van der Waals surface area contributed by atoms with Crippen LogP contribution in [0.4, 0.5) is 5.69 Å². The predicted molar refractivity (Wildman–Crippen MR) is 90.6 cm³/mol. The van der Waals surface area contributed by atoms with Gasteiger partial charge in [0.15, 0.2) is 0 Å². The van der Waals surface area contributed by atoms with E-state index >= 15 is 0 Å². The second-order valence-electron chi connectivity index (χ2n) is 4.45. The summed E-state index contributed by atoms with van der Waals surface area (Å²) in [4.78, 5) is 12.0. The van der Waals surface area contributed by atoms with Crippen molar-refractivity contribution in [3.8, 4) is 5.75 Å². The first-order valence-electron chi connectivity index (χ1n) is 6.64. The lowest BCUT2D eigenvalue weighted by Crippen LogP contribution is -2.11. The third-order valence-electron chi connectivity index (χ3n) is 2.85. The fourth-order valence-corrected chi connectivity index (χ4v) is 1.98. The number of furan rings is 1. The van der Waals surface area contributed by atoms with Crippen LogP contribution in [0.5, 0.6) is 5.75 Å². The summed E-state index contributed by atoms with van der Waals surface area (Å²) in [6.07, 6.45) is 1.36. The van der Waals surface area contributed by atoms with Crippen molar-refractivity contribution in [1.29, 1.82) is 0 Å². The van der Waals surface area contributed by atoms with Gasteiger partial charge in [-0.1, -0.05) is 11.6 Å². The average Bonchev–Trinajstić information content (AvgIpc) is 2.99. The van der Waals surface area contributed by atoms with Gasteiger partial charge in [0, 0.05) is 12.8 Å². The minimum absolute atomic E-state index is 0. The van der Waals surface area contributed by atoms with E-state index < -0.39 is 0 Å². The molecule has 2 aromatic rings. The molecule has 1 aromatic carbocycles. The number of carbonyl (C=O) groups excluding carboxylic acids is 1. The maximum absolute atomic E-state index is 12.0. The van der Waals surface area contributed by atoms with Crippen molar-refractivity contribution in [2.75, 3.05) is 25.6 Å². The van der Waals surface area contributed by atoms with Crippen molar-refractivity contribution < 1.29 is 18.7 Å². The molecule has 0 unspecified atom stereocenters. The summed E-state index contributed by atoms with van der Waals surface area (Å²) in [5, 5.41) is 3.13. The molecule has 6 nitrogen and oxygen atoms in total. The number of halogens is 2. The fourth-order valence-electron chi connectivity index (χ4n) is 1.74. The highest BCUT2D eigenvalue weighted by Gasteiger charge is 2.11. The molecule has 1 heterocycles. The van der Waals surface area contributed by atoms with E-state index in [1.165, 1.54) is 6.26 Å². The zero-order valence-electron chi connectivity index (χ0n) is 12.5. The average molecular weight is 361 g/mol. The molecule has 2 rings (SSSR count). The number of anilines is 1. The Bertz CT molecular complexity index is 646. The van der Waals surface area contributed by atoms with Crippen LogP contribution >= 0.6 is 24.0 Å². The van der Waals surface area contributed by atoms with Crippen LogP contribution in [0.1, 0.15) is 16.1 Å². The van der Waals surface area contributed by atoms with Crippen molar-refractivity contribution in [3.63, 3.8) is 0 Å². The molecule has 0 bridgehead atoms. The number of rotatable bonds is 7. The van der Waals surface area contributed by atoms with E-state index in [-0.39, 0.29) is 24.9 Å². The molecule has 0 radical (unpaired) electrons. The van der Waals surface area contributed by atoms with Crippen molar-refractivity contribution in [2.45, 2.75) is 6.54 Å². The van der Waals surface area contributed by atoms with Crippen LogP contribution in [0.15, 0.2) is 34.9 Å². The van der Waals surface area contributed by atoms with Gasteiger partial charge in [0.25, 0.3) is 5.91 Å². The first-order valence-corrected chi connectivity index (χ1v) is 7.02. The van der Waals surface area contributed by atoms with Crippen LogP contribution in [0, 0.1) is 0 Å². The summed E-state index contributed by atoms with van der Waals surface area (Å²) < 4.78 is 15.5. The Morgan fingerprint density at radius 3 is 2.74 bits per heavy atom. The van der Waals surface area contributed by atoms with Crippen molar-refractivity contribution in [1.82, 2.24) is 0 Å². The molecule has 23 heavy (non-hydrogen) atoms. The molecule has 3 N–H and O–H groups in total. The summed E-state index contributed by atoms with van der Waals surface area (Å²) in [5.41, 5.74) is 6.40. The van der Waals surface area contributed by atoms with Gasteiger partial charge in [-0.15, -0.1) is 12.4 Å². The van der Waals surface area contributed by atoms with Crippen LogP contribution in [-0.2, 0) is 11.3 Å². The molecule has 0 aliphatic carbocycles. The monoisotopic (exact) mass is 360 g/mol. The SMILES string of the molecule is COCCOc1ccc(NC(=O)c2coc(CN)c2)cc1Cl.Cl. The van der Waals surface area contributed by atoms with E-state index in [0.29, 0.717) is 41.0 Å². The Hall–Kier alpha value is -1.73. The van der Waals surface area contributed by atoms with E-state index in [1.54, 1.807) is 31.4 Å². The Kier molecular flexibility index (Phi) is 7.91. The second-order valence-corrected chi connectivity index (χ2v) is 4.85. The predicted octanol–water partition coefficient (Wildman–Crippen LogP) is 3.09. The molecule has 1 aromatic heterocycles. The maximum Gasteiger partial charge on any atom is 0.258 e. The number of benzene rings is 1. The first kappa shape index (κ1) is 19.3. The Morgan fingerprint density at radius 1 is 1.35 bits per heavy atom. The molecule has 1 amide bonds. The van der Waals surface area contributed by atoms with E-state index in [2.05, 4.69) is 5.32 Å². The number of carbonyl (C=O) groups is 1. The van der Waals surface area contributed by atoms with Gasteiger partial charge >= 0.3 is 0 Å². The van der Waals surface area contributed by atoms with Gasteiger partial charge < -0.3 is 24.9 Å². The summed E-state index contributed by atoms with van der Waals surface area (Å²) in [6, 6.07) is 6.61. The van der Waals surface area contributed by atoms with Crippen molar-refractivity contribution >= 4 is 35.6 Å². The molecule has 0 saturated carbocycles. The zero-order valence-corrected chi connectivity index (χ0v) is 14.1. The smallest absolute Gasteiger partial charge is 0.258 e. The topological polar surface area (TPSA) is 86.7 Å². The Labute approximate surface area is 145 Å². The normalized spacial score (nSPS) is 10.0. The molecule has 126 valence electrons. The van der Waals surface area contributed by atoms with Crippen LogP contribution in [-0.4, -0.2) is 26.2 Å². The van der Waals surface area contributed by atoms with E-state index in [4.69, 9.17) is 31.2 Å². The lowest BCUT2D eigenvalue weighted by atomic mass is 10.2. The van der Waals surface area contributed by atoms with Gasteiger partial charge in [0.2, 0.25) is 0 Å². The number of nitrogens with one attached hydrogen (secondary N) is 1. The van der Waals surface area contributed by atoms with Gasteiger partial charge in [-0.2, -0.15) is 0 Å². The third kappa shape index (κ3) is 5.44. The summed E-state index contributed by atoms with van der Waals surface area (Å²) in [5.74, 6) is 0.781. The number of nitrogens with two attached hydrogens (primary N) is 1. The van der Waals surface area contributed by atoms with E-state index in [9.17, 15) is 4.79 Å². The first-order chi connectivity index (χ1) is 10.6. The van der Waals surface area contributed by atoms with E-state index in [1.807, 2.05) is 0 Å². The molecular weight excluding hydrogens is 343 g/mol. The van der Waals surface area contributed by atoms with Crippen LogP contribution < -0.4 is 15.8 Å². The van der Waals surface area contributed by atoms with Gasteiger partial charge in [-0.25, -0.2) is 0 Å². The maximum atomic E-state index is 12.0. The second kappa shape index (κ2) is 9.42. The Morgan fingerprint density at radius 2 is 2.13 bits per heavy atom. The third-order valence-corrected chi connectivity index (χ3v) is 3.15. The lowest BCUT2D eigenvalue weighted by Gasteiger charge is -2.09. The summed E-state index contributed by atoms with van der Waals surface area (Å²) in [7, 11) is 1.59. The lowest BCUT2D eigenvalue weighted by molar-refractivity contribution is 0.102. The molecular formula is C15H18Cl2N2O4. The van der Waals surface area contributed by atoms with Crippen LogP contribution in [0.3, 0.4) is 0 Å². The minimum Gasteiger partial charge on any atom is -0.490 e. The largest absolute Gasteiger partial charge is 0.490 e. The number of hydrogen-bond donors (Lipinski definition) is 2. The molecule has 0 aliphatic rings. The van der Waals surface area contributed by atoms with Crippen molar-refractivity contribution in [3.05, 3.63) is 46.9 Å². The number of ether oxygens (including phenoxy) is 2. The molecule has 0 aliphatic heterocycles. The number of hydrogen-bond acceptors (Lipinski definition) is 5. The number of amides is 1. The van der Waals surface area contributed by atoms with Crippen molar-refractivity contribution in [2.24, 2.45) is 5.73 Å². The van der Waals surface area contributed by atoms with Gasteiger partial charge in [0.05, 0.1) is 23.7 Å². The van der Waals surface area contributed by atoms with Gasteiger partial charge in [0.1, 0.15) is 24.4 Å². The molecule has 0 atom stereocenters. The van der Waals surface area contributed by atoms with Crippen LogP contribution in [0.25, 0.3) is 0 Å². The fraction of sp³-hybridized carbons (Fsp3) is 0.267. The Balaban J connectivity index is 0.00000264. The zero-order chi connectivity index (χ0) is 15.9. The summed E-state index contributed by atoms with van der Waals surface area (Å²) >= 11 is 6.11.